The van der Waals surface area contributed by atoms with Crippen LogP contribution >= 0.6 is 23.2 Å². The summed E-state index contributed by atoms with van der Waals surface area (Å²) in [5.74, 6) is 0.319. The number of amides is 1. The van der Waals surface area contributed by atoms with Crippen molar-refractivity contribution >= 4 is 98.5 Å². The molecule has 5 aromatic carbocycles. The molecule has 0 saturated carbocycles. The van der Waals surface area contributed by atoms with Gasteiger partial charge in [-0.1, -0.05) is 185 Å². The minimum Gasteiger partial charge on any atom is -0.560 e. The van der Waals surface area contributed by atoms with Gasteiger partial charge in [-0.05, 0) is 72.8 Å². The molecule has 0 atom stereocenters. The number of carbonyl (C=O) groups excluding carboxylic acids is 1. The molecule has 0 spiro atoms. The number of phenols is 1. The standard InChI is InChI=1S/C11H14ClNO.C11H13N2O3S.C11H13NO4S.C6H6ClN.C6H7N2O3S.5C2H6.4Rb/c1-11(2,3)10(14)13-9-6-4-5-8(12)7-9;1-11(2,3)10-13-7-5-4-6-8(9(7)16-10)17(12,14)15;1-11(2,3)10-12-7-5-4-6-8(9(7)16-10)17(13,14)15;7-5-2-1-3-6(8)4-5;7-4-2-1-3-5(6(4)9)12(8,10)11;5*1-2;;;;/h4-7H,1-3H3,(H,13,14);4-6H,1-3H3,(H-,12,14,15);4-6H,1-3H3,(H,13,14,15);1-4H,8H2;1-3H,7H2,(H2-,8,9,10,11);5*1-2H3;;;;/q;-1;;;-1;;;;;;4*+1. The Hall–Kier alpha value is 1.44. The number of rotatable bonds is 4. The van der Waals surface area contributed by atoms with E-state index in [0.717, 1.165) is 11.8 Å². The molecule has 0 aliphatic rings. The predicted molar refractivity (Wildman–Crippen MR) is 323 cm³/mol. The number of nitrogens with two attached hydrogens (primary N) is 2. The van der Waals surface area contributed by atoms with Crippen LogP contribution in [0.3, 0.4) is 0 Å². The number of benzene rings is 5. The summed E-state index contributed by atoms with van der Waals surface area (Å²) in [5, 5.41) is 27.0. The number of nitrogens with zero attached hydrogens (tertiary/aromatic N) is 2. The van der Waals surface area contributed by atoms with Gasteiger partial charge in [-0.3, -0.25) is 9.35 Å². The third kappa shape index (κ3) is 36.9. The summed E-state index contributed by atoms with van der Waals surface area (Å²) in [6.07, 6.45) is 0. The van der Waals surface area contributed by atoms with E-state index in [2.05, 4.69) is 15.3 Å². The average Bonchev–Trinajstić information content (AvgIpc) is 4.02. The predicted octanol–water partition coefficient (Wildman–Crippen LogP) is 4.35. The van der Waals surface area contributed by atoms with Crippen molar-refractivity contribution in [1.82, 2.24) is 9.97 Å². The molecular weight excluding hydrogens is 1440 g/mol. The maximum Gasteiger partial charge on any atom is 1.00 e. The van der Waals surface area contributed by atoms with Crippen LogP contribution in [0.5, 0.6) is 5.75 Å². The van der Waals surface area contributed by atoms with Crippen LogP contribution in [0.4, 0.5) is 17.1 Å². The Labute approximate surface area is 695 Å². The Morgan fingerprint density at radius 1 is 0.537 bits per heavy atom. The van der Waals surface area contributed by atoms with E-state index in [9.17, 15) is 30.0 Å². The molecule has 0 aliphatic heterocycles. The molecule has 0 unspecified atom stereocenters. The first-order valence-corrected chi connectivity index (χ1v) is 30.1. The fourth-order valence-corrected chi connectivity index (χ4v) is 7.35. The SMILES string of the molecule is CC.CC.CC.CC.CC.CC(C)(C)C(=O)Nc1cccc(Cl)c1.CC(C)(C)c1nc2cccc(S(=O)(=O)O)c2o1.CC(C)(C)c1nc2cccc(S([NH-])(=O)=O)c2o1.Nc1cccc(Cl)c1.[NH-]S(=O)(=O)c1cccc(N)c1O.[Rb+].[Rb+].[Rb+].[Rb+]. The van der Waals surface area contributed by atoms with Gasteiger partial charge < -0.3 is 41.0 Å². The number of para-hydroxylation sites is 3. The van der Waals surface area contributed by atoms with E-state index in [0.29, 0.717) is 38.5 Å². The number of anilines is 3. The van der Waals surface area contributed by atoms with Crippen molar-refractivity contribution in [3.05, 3.63) is 135 Å². The molecule has 7 aromatic rings. The molecule has 7 rings (SSSR count). The number of sulfonamides is 2. The summed E-state index contributed by atoms with van der Waals surface area (Å²) in [5.41, 5.74) is 12.1. The smallest absolute Gasteiger partial charge is 0.560 e. The quantitative estimate of drug-likeness (QED) is 0.0930. The fraction of sp³-hybridized carbons (Fsp3) is 0.400. The van der Waals surface area contributed by atoms with Crippen LogP contribution in [0, 0.1) is 5.41 Å². The van der Waals surface area contributed by atoms with Gasteiger partial charge in [0.25, 0.3) is 10.1 Å². The number of nitrogen functional groups attached to an aromatic ring is 2. The average molecular weight is 1530 g/mol. The van der Waals surface area contributed by atoms with Gasteiger partial charge in [-0.15, -0.1) is 0 Å². The fourth-order valence-electron chi connectivity index (χ4n) is 5.05. The third-order valence-electron chi connectivity index (χ3n) is 8.54. The molecule has 9 N–H and O–H groups in total. The van der Waals surface area contributed by atoms with Crippen molar-refractivity contribution in [3.8, 4) is 5.75 Å². The number of fused-ring (bicyclic) bond motifs is 2. The van der Waals surface area contributed by atoms with Crippen molar-refractivity contribution in [2.24, 2.45) is 5.41 Å². The van der Waals surface area contributed by atoms with Gasteiger partial charge >= 0.3 is 233 Å². The van der Waals surface area contributed by atoms with Crippen molar-refractivity contribution in [3.63, 3.8) is 0 Å². The van der Waals surface area contributed by atoms with Crippen LogP contribution in [0.2, 0.25) is 10.0 Å². The van der Waals surface area contributed by atoms with E-state index in [-0.39, 0.29) is 282 Å². The Morgan fingerprint density at radius 3 is 1.20 bits per heavy atom. The zero-order valence-corrected chi connectivity index (χ0v) is 76.0. The largest absolute Gasteiger partial charge is 1.00 e. The number of aromatic nitrogens is 2. The van der Waals surface area contributed by atoms with Crippen LogP contribution in [0.15, 0.2) is 127 Å². The summed E-state index contributed by atoms with van der Waals surface area (Å²) in [7, 11) is -12.5. The van der Waals surface area contributed by atoms with Crippen LogP contribution in [-0.4, -0.2) is 50.8 Å². The van der Waals surface area contributed by atoms with Crippen molar-refractivity contribution < 1.29 is 281 Å². The Bertz CT molecular complexity index is 3120. The summed E-state index contributed by atoms with van der Waals surface area (Å²) < 4.78 is 86.2. The Kier molecular flexibility index (Phi) is 56.1. The second kappa shape index (κ2) is 47.4. The molecule has 0 radical (unpaired) electrons. The van der Waals surface area contributed by atoms with Gasteiger partial charge in [-0.2, -0.15) is 8.42 Å². The molecule has 1 amide bonds. The number of oxazole rings is 2. The summed E-state index contributed by atoms with van der Waals surface area (Å²) in [6.45, 7) is 37.1. The van der Waals surface area contributed by atoms with Crippen LogP contribution in [-0.2, 0) is 45.8 Å². The van der Waals surface area contributed by atoms with Gasteiger partial charge in [0.15, 0.2) is 16.9 Å². The van der Waals surface area contributed by atoms with Gasteiger partial charge in [0.1, 0.15) is 36.0 Å². The number of nitrogens with one attached hydrogen (secondary N) is 3. The molecule has 82 heavy (non-hydrogen) atoms. The maximum absolute atomic E-state index is 11.6. The number of hydrogen-bond acceptors (Lipinski definition) is 14. The number of aromatic hydroxyl groups is 1. The zero-order chi connectivity index (χ0) is 61.8. The third-order valence-corrected chi connectivity index (χ3v) is 11.7. The zero-order valence-electron chi connectivity index (χ0n) is 52.4. The normalized spacial score (nSPS) is 10.3. The van der Waals surface area contributed by atoms with Crippen LogP contribution in [0.1, 0.15) is 143 Å². The Balaban J connectivity index is -0.000000165. The molecule has 2 aromatic heterocycles. The van der Waals surface area contributed by atoms with E-state index in [1.807, 2.05) is 144 Å². The summed E-state index contributed by atoms with van der Waals surface area (Å²) in [6, 6.07) is 27.1. The van der Waals surface area contributed by atoms with Crippen molar-refractivity contribution in [2.75, 3.05) is 16.8 Å². The summed E-state index contributed by atoms with van der Waals surface area (Å²) in [4.78, 5) is 19.2. The molecule has 438 valence electrons. The van der Waals surface area contributed by atoms with Gasteiger partial charge in [0.05, 0.1) is 15.5 Å². The molecular formula is C55H83Cl2N7O11Rb4S3+2. The number of hydrogen-bond donors (Lipinski definition) is 5. The van der Waals surface area contributed by atoms with Gasteiger partial charge in [-0.25, -0.2) is 26.8 Å². The van der Waals surface area contributed by atoms with Crippen molar-refractivity contribution in [1.29, 1.82) is 0 Å². The Morgan fingerprint density at radius 2 is 0.878 bits per heavy atom. The molecule has 0 fully saturated rings. The number of carbonyl (C=O) groups is 1. The second-order valence-corrected chi connectivity index (χ2v) is 22.8. The molecule has 27 heteroatoms. The number of halogens is 2. The topological polar surface area (TPSA) is 324 Å². The van der Waals surface area contributed by atoms with Gasteiger partial charge in [0, 0.05) is 37.7 Å². The first kappa shape index (κ1) is 97.1. The maximum atomic E-state index is 11.6. The minimum atomic E-state index is -4.30. The van der Waals surface area contributed by atoms with E-state index in [1.165, 1.54) is 30.3 Å². The van der Waals surface area contributed by atoms with E-state index < -0.39 is 40.8 Å². The summed E-state index contributed by atoms with van der Waals surface area (Å²) >= 11 is 11.4. The molecule has 2 heterocycles. The van der Waals surface area contributed by atoms with Gasteiger partial charge in [0.2, 0.25) is 17.7 Å². The first-order valence-electron chi connectivity index (χ1n) is 24.9. The molecule has 0 bridgehead atoms. The van der Waals surface area contributed by atoms with Crippen molar-refractivity contribution in [2.45, 2.75) is 157 Å². The monoisotopic (exact) mass is 1520 g/mol. The van der Waals surface area contributed by atoms with Crippen LogP contribution in [0.25, 0.3) is 32.5 Å². The first-order chi connectivity index (χ1) is 36.0. The second-order valence-electron chi connectivity index (χ2n) is 17.7. The number of phenolic OH excluding ortho intramolecular Hbond substituents is 1. The molecule has 0 aliphatic carbocycles. The van der Waals surface area contributed by atoms with Crippen LogP contribution < -0.4 is 250 Å². The molecule has 18 nitrogen and oxygen atoms in total. The molecule has 0 saturated heterocycles. The van der Waals surface area contributed by atoms with E-state index in [1.54, 1.807) is 54.6 Å². The van der Waals surface area contributed by atoms with E-state index >= 15 is 0 Å². The minimum absolute atomic E-state index is 0. The van der Waals surface area contributed by atoms with E-state index in [4.69, 9.17) is 63.4 Å².